The fourth-order valence-electron chi connectivity index (χ4n) is 2.81. The minimum absolute atomic E-state index is 0.0114. The Hall–Kier alpha value is -3.46. The number of nitrogens with zero attached hydrogens (tertiary/aromatic N) is 1. The Morgan fingerprint density at radius 3 is 1.83 bits per heavy atom. The summed E-state index contributed by atoms with van der Waals surface area (Å²) in [5.41, 5.74) is 21.5. The van der Waals surface area contributed by atoms with E-state index >= 15 is 0 Å². The predicted molar refractivity (Wildman–Crippen MR) is 126 cm³/mol. The lowest BCUT2D eigenvalue weighted by atomic mass is 10.0. The van der Waals surface area contributed by atoms with Gasteiger partial charge in [0.15, 0.2) is 12.0 Å². The maximum atomic E-state index is 13.0. The van der Waals surface area contributed by atoms with Gasteiger partial charge in [0, 0.05) is 13.0 Å². The SMILES string of the molecule is CC(C)C(N)C(=O)NC(CCC(N)=O)C(=O)NC(CCCN=C(N)N)C(=O)NC(C(=O)O)C(C)O. The van der Waals surface area contributed by atoms with E-state index in [1.54, 1.807) is 13.8 Å². The molecule has 5 atom stereocenters. The van der Waals surface area contributed by atoms with Gasteiger partial charge in [-0.1, -0.05) is 13.8 Å². The molecule has 0 aliphatic heterocycles. The summed E-state index contributed by atoms with van der Waals surface area (Å²) in [5.74, 6) is -4.95. The number of rotatable bonds is 16. The van der Waals surface area contributed by atoms with Gasteiger partial charge in [-0.15, -0.1) is 0 Å². The van der Waals surface area contributed by atoms with Crippen molar-refractivity contribution in [1.29, 1.82) is 0 Å². The first-order valence-electron chi connectivity index (χ1n) is 11.1. The minimum Gasteiger partial charge on any atom is -0.480 e. The topological polar surface area (TPSA) is 278 Å². The summed E-state index contributed by atoms with van der Waals surface area (Å²) in [4.78, 5) is 64.5. The number of carboxylic acid groups (broad SMARTS) is 1. The van der Waals surface area contributed by atoms with Crippen LogP contribution in [0.15, 0.2) is 4.99 Å². The fourth-order valence-corrected chi connectivity index (χ4v) is 2.81. The zero-order valence-electron chi connectivity index (χ0n) is 20.2. The van der Waals surface area contributed by atoms with Crippen molar-refractivity contribution in [3.05, 3.63) is 0 Å². The highest BCUT2D eigenvalue weighted by atomic mass is 16.4. The first kappa shape index (κ1) is 31.5. The molecule has 0 aliphatic carbocycles. The summed E-state index contributed by atoms with van der Waals surface area (Å²) >= 11 is 0. The van der Waals surface area contributed by atoms with Crippen molar-refractivity contribution in [2.45, 2.75) is 76.7 Å². The lowest BCUT2D eigenvalue weighted by molar-refractivity contribution is -0.145. The highest BCUT2D eigenvalue weighted by Gasteiger charge is 2.32. The predicted octanol–water partition coefficient (Wildman–Crippen LogP) is -3.79. The van der Waals surface area contributed by atoms with E-state index in [0.717, 1.165) is 0 Å². The number of carbonyl (C=O) groups is 5. The van der Waals surface area contributed by atoms with Crippen molar-refractivity contribution < 1.29 is 34.2 Å². The Morgan fingerprint density at radius 2 is 1.37 bits per heavy atom. The molecule has 0 saturated heterocycles. The molecule has 0 aliphatic rings. The summed E-state index contributed by atoms with van der Waals surface area (Å²) in [5, 5.41) is 25.9. The molecule has 0 aromatic heterocycles. The van der Waals surface area contributed by atoms with Crippen LogP contribution in [0.25, 0.3) is 0 Å². The summed E-state index contributed by atoms with van der Waals surface area (Å²) in [6.45, 7) is 4.71. The first-order chi connectivity index (χ1) is 16.2. The number of aliphatic carboxylic acids is 1. The molecule has 15 nitrogen and oxygen atoms in total. The van der Waals surface area contributed by atoms with Gasteiger partial charge in [0.25, 0.3) is 0 Å². The van der Waals surface area contributed by atoms with Crippen molar-refractivity contribution in [1.82, 2.24) is 16.0 Å². The number of nitrogens with one attached hydrogen (secondary N) is 3. The molecule has 4 amide bonds. The Labute approximate surface area is 203 Å². The molecule has 0 saturated carbocycles. The third-order valence-corrected chi connectivity index (χ3v) is 4.96. The fraction of sp³-hybridized carbons (Fsp3) is 0.700. The van der Waals surface area contributed by atoms with Gasteiger partial charge in [-0.05, 0) is 32.1 Å². The summed E-state index contributed by atoms with van der Waals surface area (Å²) < 4.78 is 0. The third-order valence-electron chi connectivity index (χ3n) is 4.96. The van der Waals surface area contributed by atoms with Gasteiger partial charge in [-0.3, -0.25) is 24.2 Å². The second-order valence-electron chi connectivity index (χ2n) is 8.41. The van der Waals surface area contributed by atoms with Crippen molar-refractivity contribution >= 4 is 35.6 Å². The number of aliphatic hydroxyl groups excluding tert-OH is 1. The molecule has 5 unspecified atom stereocenters. The van der Waals surface area contributed by atoms with E-state index in [-0.39, 0.29) is 44.1 Å². The number of aliphatic hydroxyl groups is 1. The van der Waals surface area contributed by atoms with E-state index < -0.39 is 59.9 Å². The van der Waals surface area contributed by atoms with Crippen molar-refractivity contribution in [3.8, 4) is 0 Å². The highest BCUT2D eigenvalue weighted by Crippen LogP contribution is 2.06. The van der Waals surface area contributed by atoms with Gasteiger partial charge in [0.1, 0.15) is 12.1 Å². The molecular formula is C20H38N8O7. The standard InChI is InChI=1S/C20H38N8O7/c1-9(2)14(22)18(33)27-12(6-7-13(21)30)16(31)26-11(5-4-8-25-20(23)24)17(32)28-15(10(3)29)19(34)35/h9-12,14-15,29H,4-8,22H2,1-3H3,(H2,21,30)(H,26,31)(H,27,33)(H,28,32)(H,34,35)(H4,23,24,25). The monoisotopic (exact) mass is 502 g/mol. The molecule has 0 radical (unpaired) electrons. The van der Waals surface area contributed by atoms with Crippen molar-refractivity contribution in [2.75, 3.05) is 6.54 Å². The number of carbonyl (C=O) groups excluding carboxylic acids is 4. The van der Waals surface area contributed by atoms with Crippen LogP contribution in [-0.4, -0.2) is 82.6 Å². The van der Waals surface area contributed by atoms with Crippen LogP contribution in [0.3, 0.4) is 0 Å². The number of hydrogen-bond acceptors (Lipinski definition) is 8. The molecule has 0 aromatic rings. The van der Waals surface area contributed by atoms with E-state index in [9.17, 15) is 34.2 Å². The second-order valence-corrected chi connectivity index (χ2v) is 8.41. The summed E-state index contributed by atoms with van der Waals surface area (Å²) in [6, 6.07) is -5.09. The van der Waals surface area contributed by atoms with Crippen LogP contribution in [0, 0.1) is 5.92 Å². The van der Waals surface area contributed by atoms with Crippen LogP contribution in [0.4, 0.5) is 0 Å². The summed E-state index contributed by atoms with van der Waals surface area (Å²) in [6.07, 6.45) is -1.61. The van der Waals surface area contributed by atoms with E-state index in [2.05, 4.69) is 20.9 Å². The van der Waals surface area contributed by atoms with E-state index in [4.69, 9.17) is 22.9 Å². The van der Waals surface area contributed by atoms with Gasteiger partial charge in [-0.2, -0.15) is 0 Å². The van der Waals surface area contributed by atoms with E-state index in [0.29, 0.717) is 0 Å². The Morgan fingerprint density at radius 1 is 0.857 bits per heavy atom. The van der Waals surface area contributed by atoms with E-state index in [1.165, 1.54) is 6.92 Å². The number of amides is 4. The number of primary amides is 1. The van der Waals surface area contributed by atoms with Gasteiger partial charge >= 0.3 is 5.97 Å². The van der Waals surface area contributed by atoms with Gasteiger partial charge in [-0.25, -0.2) is 4.79 Å². The normalized spacial score (nSPS) is 15.1. The molecular weight excluding hydrogens is 464 g/mol. The molecule has 0 rings (SSSR count). The number of guanidine groups is 1. The molecule has 200 valence electrons. The first-order valence-corrected chi connectivity index (χ1v) is 11.1. The van der Waals surface area contributed by atoms with Crippen LogP contribution in [0.2, 0.25) is 0 Å². The molecule has 0 aromatic carbocycles. The Bertz CT molecular complexity index is 783. The van der Waals surface area contributed by atoms with Gasteiger partial charge in [0.05, 0.1) is 12.1 Å². The van der Waals surface area contributed by atoms with Crippen LogP contribution in [-0.2, 0) is 24.0 Å². The Balaban J connectivity index is 5.68. The van der Waals surface area contributed by atoms with E-state index in [1.807, 2.05) is 0 Å². The zero-order chi connectivity index (χ0) is 27.3. The molecule has 0 heterocycles. The number of carboxylic acids is 1. The highest BCUT2D eigenvalue weighted by molar-refractivity contribution is 5.94. The average Bonchev–Trinajstić information content (AvgIpc) is 2.74. The second kappa shape index (κ2) is 15.4. The maximum absolute atomic E-state index is 13.0. The molecule has 13 N–H and O–H groups in total. The number of hydrogen-bond donors (Lipinski definition) is 9. The van der Waals surface area contributed by atoms with Crippen molar-refractivity contribution in [3.63, 3.8) is 0 Å². The maximum Gasteiger partial charge on any atom is 0.328 e. The lowest BCUT2D eigenvalue weighted by Gasteiger charge is -2.26. The quantitative estimate of drug-likeness (QED) is 0.0563. The lowest BCUT2D eigenvalue weighted by Crippen LogP contribution is -2.58. The van der Waals surface area contributed by atoms with Crippen LogP contribution < -0.4 is 38.9 Å². The van der Waals surface area contributed by atoms with Gasteiger partial charge < -0.3 is 49.1 Å². The minimum atomic E-state index is -1.63. The Kier molecular flexibility index (Phi) is 13.9. The van der Waals surface area contributed by atoms with Crippen molar-refractivity contribution in [2.24, 2.45) is 33.8 Å². The van der Waals surface area contributed by atoms with Gasteiger partial charge in [0.2, 0.25) is 23.6 Å². The number of aliphatic imine (C=N–C) groups is 1. The molecule has 0 spiro atoms. The molecule has 0 fully saturated rings. The van der Waals surface area contributed by atoms with Crippen LogP contribution in [0.5, 0.6) is 0 Å². The third kappa shape index (κ3) is 12.5. The zero-order valence-corrected chi connectivity index (χ0v) is 20.2. The molecule has 0 bridgehead atoms. The average molecular weight is 503 g/mol. The van der Waals surface area contributed by atoms with Crippen LogP contribution in [0.1, 0.15) is 46.5 Å². The summed E-state index contributed by atoms with van der Waals surface area (Å²) in [7, 11) is 0. The largest absolute Gasteiger partial charge is 0.480 e. The smallest absolute Gasteiger partial charge is 0.328 e. The number of nitrogens with two attached hydrogens (primary N) is 4. The molecule has 35 heavy (non-hydrogen) atoms. The van der Waals surface area contributed by atoms with Crippen LogP contribution >= 0.6 is 0 Å². The molecule has 15 heteroatoms.